The molecule has 27 heavy (non-hydrogen) atoms. The minimum atomic E-state index is -0.0550. The molecule has 1 atom stereocenters. The SMILES string of the molecule is CN(CC1CCNCC1)C(=O)c1cnc(N2CC(CO)CC23CCC3)cn1. The fourth-order valence-electron chi connectivity index (χ4n) is 4.98. The van der Waals surface area contributed by atoms with Crippen molar-refractivity contribution in [2.75, 3.05) is 44.7 Å². The Labute approximate surface area is 161 Å². The van der Waals surface area contributed by atoms with Crippen LogP contribution in [-0.2, 0) is 0 Å². The highest BCUT2D eigenvalue weighted by Crippen LogP contribution is 2.48. The molecule has 2 N–H and O–H groups in total. The van der Waals surface area contributed by atoms with Gasteiger partial charge in [-0.3, -0.25) is 4.79 Å². The number of nitrogens with one attached hydrogen (secondary N) is 1. The van der Waals surface area contributed by atoms with Gasteiger partial charge in [0.25, 0.3) is 5.91 Å². The van der Waals surface area contributed by atoms with Gasteiger partial charge in [-0.05, 0) is 57.5 Å². The number of anilines is 1. The second-order valence-corrected chi connectivity index (χ2v) is 8.58. The number of aliphatic hydroxyl groups is 1. The quantitative estimate of drug-likeness (QED) is 0.809. The van der Waals surface area contributed by atoms with Gasteiger partial charge in [-0.15, -0.1) is 0 Å². The van der Waals surface area contributed by atoms with Gasteiger partial charge in [0, 0.05) is 38.2 Å². The van der Waals surface area contributed by atoms with Gasteiger partial charge in [0.1, 0.15) is 11.5 Å². The van der Waals surface area contributed by atoms with Crippen LogP contribution < -0.4 is 10.2 Å². The molecule has 1 aromatic rings. The number of carbonyl (C=O) groups is 1. The normalized spacial score (nSPS) is 24.8. The molecular weight excluding hydrogens is 342 g/mol. The number of carbonyl (C=O) groups excluding carboxylic acids is 1. The van der Waals surface area contributed by atoms with Crippen molar-refractivity contribution < 1.29 is 9.90 Å². The van der Waals surface area contributed by atoms with Gasteiger partial charge < -0.3 is 20.2 Å². The van der Waals surface area contributed by atoms with Gasteiger partial charge in [-0.25, -0.2) is 9.97 Å². The molecule has 7 heteroatoms. The number of aliphatic hydroxyl groups excluding tert-OH is 1. The van der Waals surface area contributed by atoms with E-state index in [9.17, 15) is 9.90 Å². The van der Waals surface area contributed by atoms with Crippen LogP contribution in [0, 0.1) is 11.8 Å². The van der Waals surface area contributed by atoms with E-state index in [1.807, 2.05) is 7.05 Å². The summed E-state index contributed by atoms with van der Waals surface area (Å²) >= 11 is 0. The summed E-state index contributed by atoms with van der Waals surface area (Å²) in [5, 5.41) is 12.9. The van der Waals surface area contributed by atoms with E-state index < -0.39 is 0 Å². The van der Waals surface area contributed by atoms with Crippen LogP contribution in [0.15, 0.2) is 12.4 Å². The lowest BCUT2D eigenvalue weighted by atomic mass is 9.73. The summed E-state index contributed by atoms with van der Waals surface area (Å²) < 4.78 is 0. The van der Waals surface area contributed by atoms with E-state index in [2.05, 4.69) is 20.2 Å². The molecule has 4 rings (SSSR count). The molecule has 0 radical (unpaired) electrons. The minimum Gasteiger partial charge on any atom is -0.396 e. The Morgan fingerprint density at radius 3 is 2.67 bits per heavy atom. The molecule has 0 aromatic carbocycles. The van der Waals surface area contributed by atoms with Crippen molar-refractivity contribution in [1.29, 1.82) is 0 Å². The molecule has 7 nitrogen and oxygen atoms in total. The summed E-state index contributed by atoms with van der Waals surface area (Å²) in [5.74, 6) is 1.65. The van der Waals surface area contributed by atoms with Crippen LogP contribution in [0.1, 0.15) is 49.0 Å². The predicted molar refractivity (Wildman–Crippen MR) is 104 cm³/mol. The maximum absolute atomic E-state index is 12.7. The largest absolute Gasteiger partial charge is 0.396 e. The Morgan fingerprint density at radius 1 is 1.30 bits per heavy atom. The van der Waals surface area contributed by atoms with E-state index >= 15 is 0 Å². The lowest BCUT2D eigenvalue weighted by Gasteiger charge is -2.46. The first-order chi connectivity index (χ1) is 13.1. The van der Waals surface area contributed by atoms with E-state index in [1.54, 1.807) is 17.3 Å². The van der Waals surface area contributed by atoms with Gasteiger partial charge in [0.2, 0.25) is 0 Å². The van der Waals surface area contributed by atoms with Gasteiger partial charge in [0.15, 0.2) is 0 Å². The van der Waals surface area contributed by atoms with Crippen molar-refractivity contribution in [2.45, 2.75) is 44.1 Å². The van der Waals surface area contributed by atoms with E-state index in [4.69, 9.17) is 0 Å². The molecule has 1 spiro atoms. The zero-order chi connectivity index (χ0) is 18.9. The van der Waals surface area contributed by atoms with Crippen LogP contribution in [0.5, 0.6) is 0 Å². The first kappa shape index (κ1) is 18.6. The van der Waals surface area contributed by atoms with E-state index in [0.29, 0.717) is 17.5 Å². The topological polar surface area (TPSA) is 81.6 Å². The highest BCUT2D eigenvalue weighted by atomic mass is 16.3. The summed E-state index contributed by atoms with van der Waals surface area (Å²) in [5.41, 5.74) is 0.565. The number of nitrogens with zero attached hydrogens (tertiary/aromatic N) is 4. The van der Waals surface area contributed by atoms with Crippen LogP contribution in [0.3, 0.4) is 0 Å². The second-order valence-electron chi connectivity index (χ2n) is 8.58. The number of hydrogen-bond donors (Lipinski definition) is 2. The smallest absolute Gasteiger partial charge is 0.273 e. The van der Waals surface area contributed by atoms with Crippen molar-refractivity contribution in [3.8, 4) is 0 Å². The summed E-state index contributed by atoms with van der Waals surface area (Å²) in [7, 11) is 1.86. The number of amides is 1. The molecule has 0 bridgehead atoms. The molecule has 1 aliphatic carbocycles. The molecule has 1 amide bonds. The van der Waals surface area contributed by atoms with Gasteiger partial charge >= 0.3 is 0 Å². The van der Waals surface area contributed by atoms with Crippen molar-refractivity contribution in [3.63, 3.8) is 0 Å². The van der Waals surface area contributed by atoms with Crippen LogP contribution in [0.4, 0.5) is 5.82 Å². The predicted octanol–water partition coefficient (Wildman–Crippen LogP) is 1.29. The highest BCUT2D eigenvalue weighted by Gasteiger charge is 2.49. The molecule has 148 valence electrons. The maximum atomic E-state index is 12.7. The minimum absolute atomic E-state index is 0.0550. The summed E-state index contributed by atoms with van der Waals surface area (Å²) in [6.45, 7) is 3.90. The number of rotatable bonds is 5. The molecule has 2 saturated heterocycles. The zero-order valence-corrected chi connectivity index (χ0v) is 16.2. The molecule has 1 saturated carbocycles. The van der Waals surface area contributed by atoms with Crippen LogP contribution >= 0.6 is 0 Å². The van der Waals surface area contributed by atoms with Crippen LogP contribution in [-0.4, -0.2) is 71.3 Å². The van der Waals surface area contributed by atoms with E-state index in [0.717, 1.165) is 64.1 Å². The fraction of sp³-hybridized carbons (Fsp3) is 0.750. The highest BCUT2D eigenvalue weighted by molar-refractivity contribution is 5.91. The Kier molecular flexibility index (Phi) is 5.32. The number of aromatic nitrogens is 2. The Balaban J connectivity index is 1.41. The standard InChI is InChI=1S/C20H31N5O2/c1-24(12-15-3-7-21-8-4-15)19(27)17-10-23-18(11-22-17)25-13-16(14-26)9-20(25)5-2-6-20/h10-11,15-16,21,26H,2-9,12-14H2,1H3. The molecule has 3 heterocycles. The average molecular weight is 374 g/mol. The summed E-state index contributed by atoms with van der Waals surface area (Å²) in [4.78, 5) is 25.8. The molecule has 1 aromatic heterocycles. The fourth-order valence-corrected chi connectivity index (χ4v) is 4.98. The Hall–Kier alpha value is -1.73. The first-order valence-electron chi connectivity index (χ1n) is 10.3. The monoisotopic (exact) mass is 373 g/mol. The van der Waals surface area contributed by atoms with Crippen molar-refractivity contribution >= 4 is 11.7 Å². The third kappa shape index (κ3) is 3.67. The van der Waals surface area contributed by atoms with Crippen molar-refractivity contribution in [2.24, 2.45) is 11.8 Å². The number of hydrogen-bond acceptors (Lipinski definition) is 6. The first-order valence-corrected chi connectivity index (χ1v) is 10.3. The molecule has 3 aliphatic rings. The second kappa shape index (κ2) is 7.72. The Bertz CT molecular complexity index is 655. The van der Waals surface area contributed by atoms with Gasteiger partial charge in [0.05, 0.1) is 12.4 Å². The third-order valence-corrected chi connectivity index (χ3v) is 6.70. The molecular formula is C20H31N5O2. The average Bonchev–Trinajstić information content (AvgIpc) is 3.09. The summed E-state index contributed by atoms with van der Waals surface area (Å²) in [6, 6.07) is 0. The van der Waals surface area contributed by atoms with E-state index in [1.165, 1.54) is 6.42 Å². The lowest BCUT2D eigenvalue weighted by Crippen LogP contribution is -2.49. The van der Waals surface area contributed by atoms with Crippen molar-refractivity contribution in [3.05, 3.63) is 18.1 Å². The zero-order valence-electron chi connectivity index (χ0n) is 16.2. The maximum Gasteiger partial charge on any atom is 0.273 e. The lowest BCUT2D eigenvalue weighted by molar-refractivity contribution is 0.0756. The van der Waals surface area contributed by atoms with Gasteiger partial charge in [-0.1, -0.05) is 0 Å². The van der Waals surface area contributed by atoms with Crippen molar-refractivity contribution in [1.82, 2.24) is 20.2 Å². The Morgan fingerprint density at radius 2 is 2.07 bits per heavy atom. The third-order valence-electron chi connectivity index (χ3n) is 6.70. The molecule has 1 unspecified atom stereocenters. The molecule has 3 fully saturated rings. The number of piperidine rings is 1. The van der Waals surface area contributed by atoms with Crippen LogP contribution in [0.25, 0.3) is 0 Å². The summed E-state index contributed by atoms with van der Waals surface area (Å²) in [6.07, 6.45) is 10.2. The molecule has 2 aliphatic heterocycles. The van der Waals surface area contributed by atoms with Gasteiger partial charge in [-0.2, -0.15) is 0 Å². The van der Waals surface area contributed by atoms with Crippen LogP contribution in [0.2, 0.25) is 0 Å². The van der Waals surface area contributed by atoms with E-state index in [-0.39, 0.29) is 18.1 Å².